The van der Waals surface area contributed by atoms with Crippen molar-refractivity contribution in [3.05, 3.63) is 55.2 Å². The van der Waals surface area contributed by atoms with Crippen LogP contribution in [-0.4, -0.2) is 14.1 Å². The monoisotopic (exact) mass is 265 g/mol. The lowest BCUT2D eigenvalue weighted by Gasteiger charge is -2.18. The van der Waals surface area contributed by atoms with Crippen molar-refractivity contribution >= 4 is 10.9 Å². The van der Waals surface area contributed by atoms with Gasteiger partial charge in [0, 0.05) is 37.2 Å². The number of fused-ring (bicyclic) bond motifs is 1. The predicted octanol–water partition coefficient (Wildman–Crippen LogP) is 3.56. The van der Waals surface area contributed by atoms with Crippen molar-refractivity contribution in [2.45, 2.75) is 25.9 Å². The van der Waals surface area contributed by atoms with Gasteiger partial charge >= 0.3 is 0 Å². The largest absolute Gasteiger partial charge is 0.347 e. The molecule has 1 aromatic carbocycles. The molecule has 20 heavy (non-hydrogen) atoms. The molecule has 2 aromatic heterocycles. The molecule has 0 bridgehead atoms. The smallest absolute Gasteiger partial charge is 0.0946 e. The Morgan fingerprint density at radius 3 is 2.80 bits per heavy atom. The fourth-order valence-electron chi connectivity index (χ4n) is 3.14. The average Bonchev–Trinajstić information content (AvgIpc) is 3.05. The van der Waals surface area contributed by atoms with Crippen molar-refractivity contribution in [2.24, 2.45) is 11.8 Å². The zero-order chi connectivity index (χ0) is 13.4. The summed E-state index contributed by atoms with van der Waals surface area (Å²) in [5.41, 5.74) is 1.35. The van der Waals surface area contributed by atoms with E-state index in [1.54, 1.807) is 0 Å². The molecule has 0 saturated heterocycles. The maximum Gasteiger partial charge on any atom is 0.0946 e. The van der Waals surface area contributed by atoms with Crippen LogP contribution in [0, 0.1) is 11.8 Å². The third kappa shape index (κ3) is 2.24. The molecular weight excluding hydrogens is 246 g/mol. The summed E-state index contributed by atoms with van der Waals surface area (Å²) in [7, 11) is 0. The SMILES string of the molecule is c1ccc2c(c1)ccn2CC(Cn1ccnc1)C1CC1. The molecule has 1 saturated carbocycles. The normalized spacial score (nSPS) is 16.6. The van der Waals surface area contributed by atoms with Crippen LogP contribution in [0.3, 0.4) is 0 Å². The first-order chi connectivity index (χ1) is 9.90. The van der Waals surface area contributed by atoms with Gasteiger partial charge in [0.1, 0.15) is 0 Å². The Balaban J connectivity index is 1.58. The van der Waals surface area contributed by atoms with Gasteiger partial charge in [-0.2, -0.15) is 0 Å². The highest BCUT2D eigenvalue weighted by Gasteiger charge is 2.31. The van der Waals surface area contributed by atoms with Crippen LogP contribution in [0.2, 0.25) is 0 Å². The average molecular weight is 265 g/mol. The summed E-state index contributed by atoms with van der Waals surface area (Å²) < 4.78 is 4.63. The van der Waals surface area contributed by atoms with Crippen LogP contribution < -0.4 is 0 Å². The lowest BCUT2D eigenvalue weighted by atomic mass is 10.0. The minimum absolute atomic E-state index is 0.708. The van der Waals surface area contributed by atoms with Crippen molar-refractivity contribution in [3.63, 3.8) is 0 Å². The molecule has 3 nitrogen and oxygen atoms in total. The zero-order valence-corrected chi connectivity index (χ0v) is 11.5. The van der Waals surface area contributed by atoms with Crippen LogP contribution in [0.5, 0.6) is 0 Å². The molecule has 1 atom stereocenters. The summed E-state index contributed by atoms with van der Waals surface area (Å²) >= 11 is 0. The second-order valence-corrected chi connectivity index (χ2v) is 5.88. The van der Waals surface area contributed by atoms with E-state index in [0.29, 0.717) is 5.92 Å². The zero-order valence-electron chi connectivity index (χ0n) is 11.5. The molecule has 0 N–H and O–H groups in total. The molecular formula is C17H19N3. The Morgan fingerprint density at radius 1 is 1.10 bits per heavy atom. The molecule has 0 radical (unpaired) electrons. The molecule has 3 aromatic rings. The van der Waals surface area contributed by atoms with E-state index in [1.807, 2.05) is 12.5 Å². The molecule has 1 unspecified atom stereocenters. The molecule has 0 spiro atoms. The first-order valence-electron chi connectivity index (χ1n) is 7.40. The Labute approximate surface area is 118 Å². The summed E-state index contributed by atoms with van der Waals surface area (Å²) in [6.45, 7) is 2.19. The van der Waals surface area contributed by atoms with E-state index in [4.69, 9.17) is 0 Å². The Bertz CT molecular complexity index is 692. The summed E-state index contributed by atoms with van der Waals surface area (Å²) in [6, 6.07) is 10.9. The molecule has 102 valence electrons. The fourth-order valence-corrected chi connectivity index (χ4v) is 3.14. The minimum Gasteiger partial charge on any atom is -0.347 e. The summed E-state index contributed by atoms with van der Waals surface area (Å²) in [5.74, 6) is 1.60. The molecule has 4 rings (SSSR count). The van der Waals surface area contributed by atoms with E-state index in [1.165, 1.54) is 23.7 Å². The van der Waals surface area contributed by atoms with Crippen molar-refractivity contribution in [3.8, 4) is 0 Å². The molecule has 2 heterocycles. The third-order valence-corrected chi connectivity index (χ3v) is 4.40. The van der Waals surface area contributed by atoms with Crippen molar-refractivity contribution in [1.29, 1.82) is 0 Å². The van der Waals surface area contributed by atoms with Gasteiger partial charge in [0.2, 0.25) is 0 Å². The van der Waals surface area contributed by atoms with Gasteiger partial charge in [-0.05, 0) is 42.2 Å². The first kappa shape index (κ1) is 11.8. The van der Waals surface area contributed by atoms with E-state index in [0.717, 1.165) is 19.0 Å². The second kappa shape index (κ2) is 4.82. The third-order valence-electron chi connectivity index (χ3n) is 4.40. The summed E-state index contributed by atoms with van der Waals surface area (Å²) in [4.78, 5) is 4.16. The van der Waals surface area contributed by atoms with Gasteiger partial charge in [-0.15, -0.1) is 0 Å². The fraction of sp³-hybridized carbons (Fsp3) is 0.353. The van der Waals surface area contributed by atoms with E-state index >= 15 is 0 Å². The van der Waals surface area contributed by atoms with Gasteiger partial charge < -0.3 is 9.13 Å². The van der Waals surface area contributed by atoms with E-state index < -0.39 is 0 Å². The Morgan fingerprint density at radius 2 is 2.00 bits per heavy atom. The highest BCUT2D eigenvalue weighted by atomic mass is 15.0. The number of hydrogen-bond donors (Lipinski definition) is 0. The lowest BCUT2D eigenvalue weighted by molar-refractivity contribution is 0.347. The molecule has 0 amide bonds. The standard InChI is InChI=1S/C17H19N3/c1-2-4-17-15(3-1)7-9-20(17)12-16(14-5-6-14)11-19-10-8-18-13-19/h1-4,7-10,13-14,16H,5-6,11-12H2. The number of hydrogen-bond acceptors (Lipinski definition) is 1. The highest BCUT2D eigenvalue weighted by Crippen LogP contribution is 2.39. The van der Waals surface area contributed by atoms with Gasteiger partial charge in [-0.25, -0.2) is 4.98 Å². The van der Waals surface area contributed by atoms with Crippen molar-refractivity contribution in [1.82, 2.24) is 14.1 Å². The second-order valence-electron chi connectivity index (χ2n) is 5.88. The predicted molar refractivity (Wildman–Crippen MR) is 80.4 cm³/mol. The quantitative estimate of drug-likeness (QED) is 0.691. The number of nitrogens with zero attached hydrogens (tertiary/aromatic N) is 3. The number of aromatic nitrogens is 3. The summed E-state index contributed by atoms with van der Waals surface area (Å²) in [5, 5.41) is 1.34. The Kier molecular flexibility index (Phi) is 2.84. The van der Waals surface area contributed by atoms with Crippen LogP contribution in [0.1, 0.15) is 12.8 Å². The number of benzene rings is 1. The Hall–Kier alpha value is -2.03. The maximum atomic E-state index is 4.16. The molecule has 1 aliphatic rings. The van der Waals surface area contributed by atoms with Crippen LogP contribution in [-0.2, 0) is 13.1 Å². The maximum absolute atomic E-state index is 4.16. The first-order valence-corrected chi connectivity index (χ1v) is 7.40. The van der Waals surface area contributed by atoms with Crippen LogP contribution in [0.4, 0.5) is 0 Å². The van der Waals surface area contributed by atoms with Gasteiger partial charge in [-0.1, -0.05) is 18.2 Å². The van der Waals surface area contributed by atoms with Gasteiger partial charge in [0.15, 0.2) is 0 Å². The van der Waals surface area contributed by atoms with E-state index in [-0.39, 0.29) is 0 Å². The molecule has 1 fully saturated rings. The van der Waals surface area contributed by atoms with E-state index in [9.17, 15) is 0 Å². The van der Waals surface area contributed by atoms with Crippen molar-refractivity contribution in [2.75, 3.05) is 0 Å². The van der Waals surface area contributed by atoms with Gasteiger partial charge in [-0.3, -0.25) is 0 Å². The van der Waals surface area contributed by atoms with E-state index in [2.05, 4.69) is 56.8 Å². The summed E-state index contributed by atoms with van der Waals surface area (Å²) in [6.07, 6.45) is 10.9. The molecule has 3 heteroatoms. The number of rotatable bonds is 5. The van der Waals surface area contributed by atoms with Crippen LogP contribution in [0.15, 0.2) is 55.2 Å². The van der Waals surface area contributed by atoms with Crippen LogP contribution >= 0.6 is 0 Å². The number of para-hydroxylation sites is 1. The molecule has 1 aliphatic carbocycles. The van der Waals surface area contributed by atoms with Crippen molar-refractivity contribution < 1.29 is 0 Å². The van der Waals surface area contributed by atoms with Gasteiger partial charge in [0.25, 0.3) is 0 Å². The van der Waals surface area contributed by atoms with Crippen LogP contribution in [0.25, 0.3) is 10.9 Å². The molecule has 0 aliphatic heterocycles. The topological polar surface area (TPSA) is 22.8 Å². The number of imidazole rings is 1. The minimum atomic E-state index is 0.708. The lowest BCUT2D eigenvalue weighted by Crippen LogP contribution is -2.18. The highest BCUT2D eigenvalue weighted by molar-refractivity contribution is 5.79. The van der Waals surface area contributed by atoms with Gasteiger partial charge in [0.05, 0.1) is 6.33 Å².